The maximum atomic E-state index is 14.2. The summed E-state index contributed by atoms with van der Waals surface area (Å²) in [4.78, 5) is 24.8. The van der Waals surface area contributed by atoms with Crippen molar-refractivity contribution in [1.29, 1.82) is 0 Å². The maximum Gasteiger partial charge on any atom is 0.224 e. The summed E-state index contributed by atoms with van der Waals surface area (Å²) in [5, 5.41) is 2.64. The summed E-state index contributed by atoms with van der Waals surface area (Å²) in [7, 11) is 0. The fourth-order valence-corrected chi connectivity index (χ4v) is 3.52. The first kappa shape index (κ1) is 16.7. The summed E-state index contributed by atoms with van der Waals surface area (Å²) in [6.45, 7) is 4.06. The van der Waals surface area contributed by atoms with E-state index in [1.807, 2.05) is 32.0 Å². The fourth-order valence-electron chi connectivity index (χ4n) is 2.65. The zero-order valence-corrected chi connectivity index (χ0v) is 14.4. The number of halogens is 1. The van der Waals surface area contributed by atoms with Crippen molar-refractivity contribution in [1.82, 2.24) is 0 Å². The molecule has 1 heterocycles. The zero-order valence-electron chi connectivity index (χ0n) is 13.6. The second-order valence-electron chi connectivity index (χ2n) is 6.00. The highest BCUT2D eigenvalue weighted by Crippen LogP contribution is 2.28. The second-order valence-corrected chi connectivity index (χ2v) is 7.04. The molecule has 0 saturated heterocycles. The number of hydrogen-bond acceptors (Lipinski definition) is 3. The van der Waals surface area contributed by atoms with Gasteiger partial charge in [0.1, 0.15) is 5.82 Å². The number of ketones is 1. The average Bonchev–Trinajstić information content (AvgIpc) is 2.55. The van der Waals surface area contributed by atoms with Crippen molar-refractivity contribution in [2.45, 2.75) is 31.6 Å². The number of carbonyl (C=O) groups excluding carboxylic acids is 2. The number of hydrogen-bond donors (Lipinski definition) is 1. The predicted octanol–water partition coefficient (Wildman–Crippen LogP) is 4.30. The Balaban J connectivity index is 1.75. The molecule has 2 aromatic rings. The van der Waals surface area contributed by atoms with Gasteiger partial charge in [0.2, 0.25) is 5.91 Å². The molecule has 3 rings (SSSR count). The van der Waals surface area contributed by atoms with Crippen molar-refractivity contribution in [3.63, 3.8) is 0 Å². The zero-order chi connectivity index (χ0) is 17.3. The van der Waals surface area contributed by atoms with E-state index in [1.54, 1.807) is 6.07 Å². The van der Waals surface area contributed by atoms with Crippen molar-refractivity contribution in [3.05, 3.63) is 58.4 Å². The van der Waals surface area contributed by atoms with Gasteiger partial charge < -0.3 is 5.32 Å². The molecule has 0 spiro atoms. The first-order valence-corrected chi connectivity index (χ1v) is 8.78. The van der Waals surface area contributed by atoms with Crippen molar-refractivity contribution in [2.75, 3.05) is 11.1 Å². The largest absolute Gasteiger partial charge is 0.326 e. The van der Waals surface area contributed by atoms with Crippen LogP contribution in [0.4, 0.5) is 10.1 Å². The lowest BCUT2D eigenvalue weighted by molar-refractivity contribution is -0.116. The molecule has 0 bridgehead atoms. The number of carbonyl (C=O) groups is 2. The van der Waals surface area contributed by atoms with Crippen LogP contribution < -0.4 is 5.32 Å². The number of nitrogens with one attached hydrogen (secondary N) is 1. The molecular weight excluding hydrogens is 325 g/mol. The summed E-state index contributed by atoms with van der Waals surface area (Å²) in [5.74, 6) is -0.756. The van der Waals surface area contributed by atoms with Crippen LogP contribution in [0, 0.1) is 19.7 Å². The van der Waals surface area contributed by atoms with Gasteiger partial charge in [0.15, 0.2) is 5.78 Å². The van der Waals surface area contributed by atoms with Gasteiger partial charge in [-0.05, 0) is 61.2 Å². The van der Waals surface area contributed by atoms with Gasteiger partial charge in [0.25, 0.3) is 0 Å². The summed E-state index contributed by atoms with van der Waals surface area (Å²) in [5.41, 5.74) is 3.76. The summed E-state index contributed by atoms with van der Waals surface area (Å²) in [6, 6.07) is 8.85. The molecule has 0 atom stereocenters. The van der Waals surface area contributed by atoms with Crippen LogP contribution in [0.25, 0.3) is 0 Å². The molecule has 0 unspecified atom stereocenters. The topological polar surface area (TPSA) is 46.2 Å². The van der Waals surface area contributed by atoms with E-state index in [9.17, 15) is 14.0 Å². The Kier molecular flexibility index (Phi) is 4.71. The van der Waals surface area contributed by atoms with Crippen LogP contribution in [0.2, 0.25) is 0 Å². The smallest absolute Gasteiger partial charge is 0.224 e. The minimum absolute atomic E-state index is 0.0984. The van der Waals surface area contributed by atoms with E-state index in [4.69, 9.17) is 0 Å². The highest BCUT2D eigenvalue weighted by atomic mass is 32.2. The third-order valence-electron chi connectivity index (χ3n) is 4.24. The normalized spacial score (nSPS) is 13.4. The van der Waals surface area contributed by atoms with E-state index in [-0.39, 0.29) is 23.0 Å². The van der Waals surface area contributed by atoms with Crippen LogP contribution >= 0.6 is 11.8 Å². The van der Waals surface area contributed by atoms with Crippen molar-refractivity contribution < 1.29 is 14.0 Å². The second kappa shape index (κ2) is 6.77. The van der Waals surface area contributed by atoms with Gasteiger partial charge in [-0.25, -0.2) is 4.39 Å². The van der Waals surface area contributed by atoms with E-state index < -0.39 is 5.82 Å². The van der Waals surface area contributed by atoms with Crippen LogP contribution in [0.3, 0.4) is 0 Å². The molecule has 0 saturated carbocycles. The highest BCUT2D eigenvalue weighted by Gasteiger charge is 2.20. The number of Topliss-reactive ketones (excluding diaryl/α,β-unsaturated/α-hetero) is 1. The van der Waals surface area contributed by atoms with Gasteiger partial charge in [-0.2, -0.15) is 0 Å². The lowest BCUT2D eigenvalue weighted by Crippen LogP contribution is -2.20. The van der Waals surface area contributed by atoms with Gasteiger partial charge in [0.05, 0.1) is 11.3 Å². The molecule has 1 aliphatic rings. The molecule has 1 aliphatic heterocycles. The molecule has 2 aromatic carbocycles. The van der Waals surface area contributed by atoms with Crippen molar-refractivity contribution >= 4 is 29.1 Å². The number of anilines is 1. The van der Waals surface area contributed by atoms with E-state index >= 15 is 0 Å². The summed E-state index contributed by atoms with van der Waals surface area (Å²) in [6.07, 6.45) is 0.898. The number of thioether (sulfide) groups is 1. The Labute approximate surface area is 144 Å². The Morgan fingerprint density at radius 1 is 1.17 bits per heavy atom. The molecule has 124 valence electrons. The van der Waals surface area contributed by atoms with Gasteiger partial charge in [0, 0.05) is 17.0 Å². The quantitative estimate of drug-likeness (QED) is 0.665. The Bertz CT molecular complexity index is 832. The van der Waals surface area contributed by atoms with Gasteiger partial charge >= 0.3 is 0 Å². The summed E-state index contributed by atoms with van der Waals surface area (Å²) < 4.78 is 14.2. The standard InChI is InChI=1S/C19H18FNO2S/c1-11-3-5-14(7-12(11)2)24-10-18(22)15-8-13-4-6-19(23)21-17(13)9-16(15)20/h3,5,7-9H,4,6,10H2,1-2H3,(H,21,23). The molecule has 0 aromatic heterocycles. The van der Waals surface area contributed by atoms with Crippen LogP contribution in [-0.2, 0) is 11.2 Å². The Hall–Kier alpha value is -2.14. The van der Waals surface area contributed by atoms with Crippen LogP contribution in [0.5, 0.6) is 0 Å². The third kappa shape index (κ3) is 3.51. The fraction of sp³-hybridized carbons (Fsp3) is 0.263. The molecule has 5 heteroatoms. The molecule has 0 radical (unpaired) electrons. The van der Waals surface area contributed by atoms with Crippen LogP contribution in [0.1, 0.15) is 33.5 Å². The molecular formula is C19H18FNO2S. The predicted molar refractivity (Wildman–Crippen MR) is 94.3 cm³/mol. The Morgan fingerprint density at radius 2 is 1.96 bits per heavy atom. The van der Waals surface area contributed by atoms with Crippen LogP contribution in [-0.4, -0.2) is 17.4 Å². The number of fused-ring (bicyclic) bond motifs is 1. The minimum Gasteiger partial charge on any atom is -0.326 e. The molecule has 0 fully saturated rings. The number of rotatable bonds is 4. The first-order chi connectivity index (χ1) is 11.4. The van der Waals surface area contributed by atoms with Crippen LogP contribution in [0.15, 0.2) is 35.2 Å². The molecule has 1 N–H and O–H groups in total. The highest BCUT2D eigenvalue weighted by molar-refractivity contribution is 8.00. The minimum atomic E-state index is -0.582. The SMILES string of the molecule is Cc1ccc(SCC(=O)c2cc3c(cc2F)NC(=O)CC3)cc1C. The average molecular weight is 343 g/mol. The van der Waals surface area contributed by atoms with Crippen molar-refractivity contribution in [2.24, 2.45) is 0 Å². The number of amides is 1. The first-order valence-electron chi connectivity index (χ1n) is 7.79. The molecule has 1 amide bonds. The summed E-state index contributed by atoms with van der Waals surface area (Å²) >= 11 is 1.41. The monoisotopic (exact) mass is 343 g/mol. The number of benzene rings is 2. The maximum absolute atomic E-state index is 14.2. The lowest BCUT2D eigenvalue weighted by Gasteiger charge is -2.18. The van der Waals surface area contributed by atoms with Crippen molar-refractivity contribution in [3.8, 4) is 0 Å². The van der Waals surface area contributed by atoms with E-state index in [2.05, 4.69) is 5.32 Å². The molecule has 3 nitrogen and oxygen atoms in total. The molecule has 0 aliphatic carbocycles. The van der Waals surface area contributed by atoms with E-state index in [1.165, 1.54) is 29.0 Å². The van der Waals surface area contributed by atoms with Gasteiger partial charge in [-0.15, -0.1) is 11.8 Å². The van der Waals surface area contributed by atoms with Gasteiger partial charge in [-0.3, -0.25) is 9.59 Å². The molecule has 24 heavy (non-hydrogen) atoms. The Morgan fingerprint density at radius 3 is 2.71 bits per heavy atom. The lowest BCUT2D eigenvalue weighted by atomic mass is 9.98. The number of aryl methyl sites for hydroxylation is 3. The van der Waals surface area contributed by atoms with E-state index in [0.717, 1.165) is 10.5 Å². The van der Waals surface area contributed by atoms with Gasteiger partial charge in [-0.1, -0.05) is 6.07 Å². The third-order valence-corrected chi connectivity index (χ3v) is 5.23. The van der Waals surface area contributed by atoms with E-state index in [0.29, 0.717) is 18.5 Å².